The Morgan fingerprint density at radius 3 is 2.66 bits per heavy atom. The summed E-state index contributed by atoms with van der Waals surface area (Å²) in [7, 11) is 0. The summed E-state index contributed by atoms with van der Waals surface area (Å²) in [4.78, 5) is 17.6. The van der Waals surface area contributed by atoms with Crippen LogP contribution in [0.2, 0.25) is 0 Å². The molecule has 0 aromatic heterocycles. The maximum absolute atomic E-state index is 12.9. The van der Waals surface area contributed by atoms with E-state index < -0.39 is 0 Å². The Kier molecular flexibility index (Phi) is 5.74. The lowest BCUT2D eigenvalue weighted by atomic mass is 9.78. The molecule has 4 heteroatoms. The van der Waals surface area contributed by atoms with Crippen LogP contribution in [0.1, 0.15) is 43.2 Å². The molecule has 0 spiro atoms. The quantitative estimate of drug-likeness (QED) is 0.765. The fourth-order valence-corrected chi connectivity index (χ4v) is 5.78. The lowest BCUT2D eigenvalue weighted by Gasteiger charge is -2.26. The zero-order valence-electron chi connectivity index (χ0n) is 17.5. The first-order valence-corrected chi connectivity index (χ1v) is 11.7. The number of nitrogens with zero attached hydrogens (tertiary/aromatic N) is 2. The predicted molar refractivity (Wildman–Crippen MR) is 116 cm³/mol. The zero-order valence-corrected chi connectivity index (χ0v) is 17.5. The summed E-state index contributed by atoms with van der Waals surface area (Å²) in [6.45, 7) is 6.92. The van der Waals surface area contributed by atoms with Gasteiger partial charge in [-0.2, -0.15) is 0 Å². The summed E-state index contributed by atoms with van der Waals surface area (Å²) in [6, 6.07) is 9.29. The largest absolute Gasteiger partial charge is 0.381 e. The van der Waals surface area contributed by atoms with Crippen LogP contribution in [0.15, 0.2) is 30.3 Å². The van der Waals surface area contributed by atoms with E-state index in [9.17, 15) is 4.79 Å². The molecule has 0 N–H and O–H groups in total. The third kappa shape index (κ3) is 4.15. The Hall–Kier alpha value is -1.65. The van der Waals surface area contributed by atoms with Gasteiger partial charge in [-0.05, 0) is 74.2 Å². The molecule has 1 amide bonds. The highest BCUT2D eigenvalue weighted by molar-refractivity contribution is 5.80. The third-order valence-electron chi connectivity index (χ3n) is 7.54. The number of carbonyl (C=O) groups excluding carboxylic acids is 1. The molecule has 3 fully saturated rings. The molecule has 1 aromatic rings. The lowest BCUT2D eigenvalue weighted by molar-refractivity contribution is -0.134. The van der Waals surface area contributed by atoms with Gasteiger partial charge in [0, 0.05) is 32.2 Å². The highest BCUT2D eigenvalue weighted by atomic mass is 16.5. The molecule has 2 unspecified atom stereocenters. The van der Waals surface area contributed by atoms with E-state index in [1.54, 1.807) is 0 Å². The second-order valence-electron chi connectivity index (χ2n) is 9.40. The van der Waals surface area contributed by atoms with E-state index in [2.05, 4.69) is 40.1 Å². The monoisotopic (exact) mass is 394 g/mol. The van der Waals surface area contributed by atoms with Crippen molar-refractivity contribution in [2.24, 2.45) is 17.8 Å². The first-order valence-electron chi connectivity index (χ1n) is 11.7. The van der Waals surface area contributed by atoms with Crippen molar-refractivity contribution in [3.05, 3.63) is 41.5 Å². The average Bonchev–Trinajstić information content (AvgIpc) is 3.53. The van der Waals surface area contributed by atoms with Crippen LogP contribution in [0, 0.1) is 17.8 Å². The molecule has 3 atom stereocenters. The van der Waals surface area contributed by atoms with Gasteiger partial charge in [0.2, 0.25) is 5.91 Å². The van der Waals surface area contributed by atoms with E-state index in [-0.39, 0.29) is 5.92 Å². The molecule has 1 aromatic carbocycles. The van der Waals surface area contributed by atoms with Crippen LogP contribution in [0.4, 0.5) is 0 Å². The molecule has 3 aliphatic heterocycles. The summed E-state index contributed by atoms with van der Waals surface area (Å²) in [5.74, 6) is 1.55. The van der Waals surface area contributed by atoms with Crippen molar-refractivity contribution >= 4 is 11.5 Å². The van der Waals surface area contributed by atoms with Gasteiger partial charge in [0.05, 0.1) is 12.5 Å². The van der Waals surface area contributed by atoms with Crippen LogP contribution in [0.25, 0.3) is 5.57 Å². The molecular weight excluding hydrogens is 360 g/mol. The molecule has 4 nitrogen and oxygen atoms in total. The van der Waals surface area contributed by atoms with Gasteiger partial charge in [-0.3, -0.25) is 4.79 Å². The van der Waals surface area contributed by atoms with E-state index in [0.717, 1.165) is 39.0 Å². The molecule has 5 rings (SSSR count). The van der Waals surface area contributed by atoms with Crippen LogP contribution in [0.3, 0.4) is 0 Å². The Balaban J connectivity index is 1.23. The van der Waals surface area contributed by atoms with Gasteiger partial charge in [-0.15, -0.1) is 0 Å². The molecule has 0 saturated carbocycles. The number of rotatable bonds is 5. The Labute approximate surface area is 174 Å². The molecule has 4 aliphatic rings. The number of amides is 1. The van der Waals surface area contributed by atoms with Gasteiger partial charge in [-0.25, -0.2) is 0 Å². The summed E-state index contributed by atoms with van der Waals surface area (Å²) in [5, 5.41) is 0. The van der Waals surface area contributed by atoms with E-state index in [0.29, 0.717) is 24.3 Å². The Bertz CT molecular complexity index is 745. The average molecular weight is 395 g/mol. The SMILES string of the molecule is O=C(C1CCOC1)N1CC2CCC=C(c3ccc(CCN4CCCC4)cc3)[C@H]2C1. The van der Waals surface area contributed by atoms with Crippen molar-refractivity contribution in [3.63, 3.8) is 0 Å². The Morgan fingerprint density at radius 2 is 1.90 bits per heavy atom. The summed E-state index contributed by atoms with van der Waals surface area (Å²) in [6.07, 6.45) is 9.57. The summed E-state index contributed by atoms with van der Waals surface area (Å²) in [5.41, 5.74) is 4.28. The fraction of sp³-hybridized carbons (Fsp3) is 0.640. The van der Waals surface area contributed by atoms with E-state index in [4.69, 9.17) is 4.74 Å². The molecule has 3 heterocycles. The first-order chi connectivity index (χ1) is 14.3. The first kappa shape index (κ1) is 19.3. The maximum atomic E-state index is 12.9. The number of allylic oxidation sites excluding steroid dienone is 1. The zero-order chi connectivity index (χ0) is 19.6. The number of hydrogen-bond donors (Lipinski definition) is 0. The van der Waals surface area contributed by atoms with Crippen LogP contribution < -0.4 is 0 Å². The number of carbonyl (C=O) groups is 1. The van der Waals surface area contributed by atoms with Crippen LogP contribution in [-0.2, 0) is 16.0 Å². The second kappa shape index (κ2) is 8.61. The van der Waals surface area contributed by atoms with Crippen LogP contribution in [-0.4, -0.2) is 61.6 Å². The van der Waals surface area contributed by atoms with Crippen molar-refractivity contribution < 1.29 is 9.53 Å². The van der Waals surface area contributed by atoms with E-state index in [1.807, 2.05) is 0 Å². The van der Waals surface area contributed by atoms with Crippen LogP contribution >= 0.6 is 0 Å². The third-order valence-corrected chi connectivity index (χ3v) is 7.54. The van der Waals surface area contributed by atoms with Crippen molar-refractivity contribution in [2.75, 3.05) is 45.9 Å². The van der Waals surface area contributed by atoms with Crippen molar-refractivity contribution in [1.82, 2.24) is 9.80 Å². The molecule has 29 heavy (non-hydrogen) atoms. The molecule has 0 radical (unpaired) electrons. The molecule has 3 saturated heterocycles. The van der Waals surface area contributed by atoms with Gasteiger partial charge in [0.25, 0.3) is 0 Å². The topological polar surface area (TPSA) is 32.8 Å². The smallest absolute Gasteiger partial charge is 0.228 e. The Morgan fingerprint density at radius 1 is 1.07 bits per heavy atom. The highest BCUT2D eigenvalue weighted by Crippen LogP contribution is 2.42. The van der Waals surface area contributed by atoms with Crippen LogP contribution in [0.5, 0.6) is 0 Å². The highest BCUT2D eigenvalue weighted by Gasteiger charge is 2.41. The predicted octanol–water partition coefficient (Wildman–Crippen LogP) is 3.61. The summed E-state index contributed by atoms with van der Waals surface area (Å²) >= 11 is 0. The molecule has 0 bridgehead atoms. The minimum atomic E-state index is 0.0949. The number of ether oxygens (including phenoxy) is 1. The molecule has 1 aliphatic carbocycles. The summed E-state index contributed by atoms with van der Waals surface area (Å²) < 4.78 is 5.45. The lowest BCUT2D eigenvalue weighted by Crippen LogP contribution is -2.35. The van der Waals surface area contributed by atoms with E-state index in [1.165, 1.54) is 55.6 Å². The standard InChI is InChI=1S/C25H34N2O2/c28-25(22-11-15-29-18-22)27-16-21-4-3-5-23(24(21)17-27)20-8-6-19(7-9-20)10-14-26-12-1-2-13-26/h5-9,21-22,24H,1-4,10-18H2/t21?,22?,24-/m0/s1. The fourth-order valence-electron chi connectivity index (χ4n) is 5.78. The van der Waals surface area contributed by atoms with Gasteiger partial charge in [0.1, 0.15) is 0 Å². The van der Waals surface area contributed by atoms with Gasteiger partial charge < -0.3 is 14.5 Å². The second-order valence-corrected chi connectivity index (χ2v) is 9.40. The van der Waals surface area contributed by atoms with Gasteiger partial charge in [-0.1, -0.05) is 30.3 Å². The van der Waals surface area contributed by atoms with Crippen molar-refractivity contribution in [3.8, 4) is 0 Å². The normalized spacial score (nSPS) is 29.9. The van der Waals surface area contributed by atoms with Gasteiger partial charge >= 0.3 is 0 Å². The number of fused-ring (bicyclic) bond motifs is 1. The number of likely N-dealkylation sites (tertiary alicyclic amines) is 2. The minimum absolute atomic E-state index is 0.0949. The molecular formula is C25H34N2O2. The molecule has 156 valence electrons. The van der Waals surface area contributed by atoms with Gasteiger partial charge in [0.15, 0.2) is 0 Å². The van der Waals surface area contributed by atoms with Crippen molar-refractivity contribution in [2.45, 2.75) is 38.5 Å². The van der Waals surface area contributed by atoms with Crippen molar-refractivity contribution in [1.29, 1.82) is 0 Å². The maximum Gasteiger partial charge on any atom is 0.228 e. The van der Waals surface area contributed by atoms with E-state index >= 15 is 0 Å². The number of benzene rings is 1. The minimum Gasteiger partial charge on any atom is -0.381 e. The number of hydrogen-bond acceptors (Lipinski definition) is 3.